The van der Waals surface area contributed by atoms with E-state index >= 15 is 0 Å². The third-order valence-corrected chi connectivity index (χ3v) is 13.8. The van der Waals surface area contributed by atoms with Gasteiger partial charge in [-0.2, -0.15) is 4.39 Å². The van der Waals surface area contributed by atoms with Gasteiger partial charge in [-0.25, -0.2) is 23.4 Å². The Morgan fingerprint density at radius 2 is 1.73 bits per heavy atom. The summed E-state index contributed by atoms with van der Waals surface area (Å²) in [6.07, 6.45) is 8.45. The highest BCUT2D eigenvalue weighted by Crippen LogP contribution is 2.47. The molecule has 3 amide bonds. The number of pyridine rings is 1. The van der Waals surface area contributed by atoms with E-state index in [-0.39, 0.29) is 37.1 Å². The van der Waals surface area contributed by atoms with Crippen LogP contribution in [0.5, 0.6) is 5.88 Å². The quantitative estimate of drug-likeness (QED) is 0.161. The lowest BCUT2D eigenvalue weighted by atomic mass is 9.85. The monoisotopic (exact) mass is 800 g/mol. The van der Waals surface area contributed by atoms with Gasteiger partial charge in [0.15, 0.2) is 5.78 Å². The standard InChI is InChI=1S/C40H41FN6O7S2/c41-35-26(11-8-18-42-35)36(49)44-31-14-5-3-1-2-4-10-23-22-40(23,39(51)47-56(52,53)25-16-17-25)46-37(50)28-21-24(20-27(28)34(31)48)54-38-33(32-15-9-19-55-32)43-29-12-6-7-13-30(29)45-38/h4,6-13,15,18-19,23-25,27-28,31H,1-3,5,14,16-17,20-22H2,(H,44,49)(H,46,50)(H,47,51)/b10-4-/t23?,24-,27?,28+,31+,40+/m0/s1. The molecule has 4 aromatic rings. The van der Waals surface area contributed by atoms with E-state index in [2.05, 4.69) is 20.3 Å². The fourth-order valence-electron chi connectivity index (χ4n) is 7.85. The summed E-state index contributed by atoms with van der Waals surface area (Å²) in [6, 6.07) is 12.8. The van der Waals surface area contributed by atoms with Gasteiger partial charge in [-0.15, -0.1) is 11.3 Å². The largest absolute Gasteiger partial charge is 0.473 e. The van der Waals surface area contributed by atoms with E-state index < -0.39 is 80.2 Å². The molecule has 3 N–H and O–H groups in total. The number of aromatic nitrogens is 3. The predicted octanol–water partition coefficient (Wildman–Crippen LogP) is 5.04. The summed E-state index contributed by atoms with van der Waals surface area (Å²) in [4.78, 5) is 70.4. The molecule has 13 nitrogen and oxygen atoms in total. The number of para-hydroxylation sites is 2. The van der Waals surface area contributed by atoms with E-state index in [4.69, 9.17) is 14.7 Å². The second-order valence-electron chi connectivity index (χ2n) is 15.1. The number of sulfonamides is 1. The maximum atomic E-state index is 14.7. The topological polar surface area (TPSA) is 186 Å². The van der Waals surface area contributed by atoms with E-state index in [1.54, 1.807) is 0 Å². The lowest BCUT2D eigenvalue weighted by molar-refractivity contribution is -0.136. The van der Waals surface area contributed by atoms with Crippen LogP contribution in [0.25, 0.3) is 21.6 Å². The van der Waals surface area contributed by atoms with Gasteiger partial charge < -0.3 is 15.4 Å². The Labute approximate surface area is 327 Å². The van der Waals surface area contributed by atoms with Crippen molar-refractivity contribution < 1.29 is 36.7 Å². The van der Waals surface area contributed by atoms with Crippen molar-refractivity contribution in [3.63, 3.8) is 0 Å². The minimum absolute atomic E-state index is 0.0527. The third kappa shape index (κ3) is 7.81. The molecule has 0 radical (unpaired) electrons. The van der Waals surface area contributed by atoms with Gasteiger partial charge in [0.1, 0.15) is 17.3 Å². The summed E-state index contributed by atoms with van der Waals surface area (Å²) in [6.45, 7) is 0. The summed E-state index contributed by atoms with van der Waals surface area (Å²) in [5.41, 5.74) is -0.0708. The van der Waals surface area contributed by atoms with Gasteiger partial charge >= 0.3 is 0 Å². The first-order chi connectivity index (χ1) is 27.0. The zero-order chi connectivity index (χ0) is 39.0. The summed E-state index contributed by atoms with van der Waals surface area (Å²) in [5.74, 6) is -5.85. The van der Waals surface area contributed by atoms with Crippen molar-refractivity contribution >= 4 is 55.9 Å². The van der Waals surface area contributed by atoms with Crippen LogP contribution in [0.2, 0.25) is 0 Å². The molecule has 292 valence electrons. The molecule has 3 aromatic heterocycles. The van der Waals surface area contributed by atoms with Crippen LogP contribution in [0, 0.1) is 23.7 Å². The number of nitrogens with zero attached hydrogens (tertiary/aromatic N) is 3. The Hall–Kier alpha value is -5.09. The molecule has 3 fully saturated rings. The van der Waals surface area contributed by atoms with Crippen LogP contribution in [0.3, 0.4) is 0 Å². The number of ketones is 1. The zero-order valence-corrected chi connectivity index (χ0v) is 32.0. The van der Waals surface area contributed by atoms with Crippen molar-refractivity contribution in [1.82, 2.24) is 30.3 Å². The van der Waals surface area contributed by atoms with Gasteiger partial charge in [0, 0.05) is 18.0 Å². The highest BCUT2D eigenvalue weighted by molar-refractivity contribution is 7.91. The number of fused-ring (bicyclic) bond motifs is 3. The lowest BCUT2D eigenvalue weighted by Gasteiger charge is -2.26. The van der Waals surface area contributed by atoms with Crippen molar-refractivity contribution in [2.75, 3.05) is 0 Å². The maximum Gasteiger partial charge on any atom is 0.259 e. The Balaban J connectivity index is 1.13. The van der Waals surface area contributed by atoms with Gasteiger partial charge in [0.2, 0.25) is 27.8 Å². The average Bonchev–Trinajstić information content (AvgIpc) is 4.05. The number of hydrogen-bond acceptors (Lipinski definition) is 11. The summed E-state index contributed by atoms with van der Waals surface area (Å²) in [7, 11) is -3.92. The Morgan fingerprint density at radius 3 is 2.48 bits per heavy atom. The van der Waals surface area contributed by atoms with Crippen LogP contribution in [0.15, 0.2) is 72.3 Å². The number of benzene rings is 1. The van der Waals surface area contributed by atoms with E-state index in [0.29, 0.717) is 48.8 Å². The number of amides is 3. The molecule has 0 bridgehead atoms. The average molecular weight is 801 g/mol. The first kappa shape index (κ1) is 37.8. The Bertz CT molecular complexity index is 2320. The fraction of sp³-hybridized carbons (Fsp3) is 0.425. The molecule has 0 saturated heterocycles. The fourth-order valence-corrected chi connectivity index (χ4v) is 9.92. The number of thiophene rings is 1. The molecular weight excluding hydrogens is 760 g/mol. The lowest BCUT2D eigenvalue weighted by Crippen LogP contribution is -2.54. The smallest absolute Gasteiger partial charge is 0.259 e. The van der Waals surface area contributed by atoms with Crippen LogP contribution in [0.4, 0.5) is 4.39 Å². The Kier molecular flexibility index (Phi) is 10.4. The minimum Gasteiger partial charge on any atom is -0.473 e. The van der Waals surface area contributed by atoms with E-state index in [1.165, 1.54) is 29.7 Å². The van der Waals surface area contributed by atoms with Gasteiger partial charge in [-0.05, 0) is 87.1 Å². The van der Waals surface area contributed by atoms with Crippen LogP contribution >= 0.6 is 11.3 Å². The summed E-state index contributed by atoms with van der Waals surface area (Å²) < 4.78 is 49.2. The van der Waals surface area contributed by atoms with Crippen LogP contribution in [0.1, 0.15) is 74.6 Å². The number of halogens is 1. The number of nitrogens with one attached hydrogen (secondary N) is 3. The van der Waals surface area contributed by atoms with E-state index in [1.807, 2.05) is 53.9 Å². The number of carbonyl (C=O) groups is 4. The molecule has 3 saturated carbocycles. The highest BCUT2D eigenvalue weighted by atomic mass is 32.2. The maximum absolute atomic E-state index is 14.7. The number of Topliss-reactive ketones (excluding diaryl/α,β-unsaturated/α-hetero) is 1. The van der Waals surface area contributed by atoms with E-state index in [9.17, 15) is 32.0 Å². The molecule has 4 heterocycles. The summed E-state index contributed by atoms with van der Waals surface area (Å²) >= 11 is 1.46. The van der Waals surface area contributed by atoms with Gasteiger partial charge in [-0.3, -0.25) is 23.9 Å². The van der Waals surface area contributed by atoms with Gasteiger partial charge in [0.05, 0.1) is 38.7 Å². The first-order valence-corrected chi connectivity index (χ1v) is 21.4. The van der Waals surface area contributed by atoms with Crippen molar-refractivity contribution in [3.8, 4) is 16.5 Å². The molecule has 6 atom stereocenters. The highest BCUT2D eigenvalue weighted by Gasteiger charge is 2.62. The van der Waals surface area contributed by atoms with Crippen molar-refractivity contribution in [2.45, 2.75) is 87.1 Å². The number of ether oxygens (including phenoxy) is 1. The van der Waals surface area contributed by atoms with E-state index in [0.717, 1.165) is 11.3 Å². The molecule has 4 aliphatic rings. The van der Waals surface area contributed by atoms with Gasteiger partial charge in [-0.1, -0.05) is 43.2 Å². The third-order valence-electron chi connectivity index (χ3n) is 11.1. The van der Waals surface area contributed by atoms with Crippen molar-refractivity contribution in [2.24, 2.45) is 17.8 Å². The number of rotatable bonds is 8. The van der Waals surface area contributed by atoms with Crippen molar-refractivity contribution in [1.29, 1.82) is 0 Å². The molecule has 8 rings (SSSR count). The van der Waals surface area contributed by atoms with Crippen LogP contribution in [-0.2, 0) is 24.4 Å². The molecule has 2 unspecified atom stereocenters. The molecule has 16 heteroatoms. The number of carbonyl (C=O) groups excluding carboxylic acids is 4. The SMILES string of the molecule is O=C(N[C@@H]1CCCCC/C=C\C2C[C@@]2(C(=O)NS(=O)(=O)C2CC2)NC(=O)[C@@H]2C[C@@H](Oc3nc4ccccc4nc3-c3cccs3)CC2C1=O)c1cccnc1F. The zero-order valence-electron chi connectivity index (χ0n) is 30.4. The van der Waals surface area contributed by atoms with Crippen molar-refractivity contribution in [3.05, 3.63) is 83.8 Å². The normalized spacial score (nSPS) is 27.5. The predicted molar refractivity (Wildman–Crippen MR) is 205 cm³/mol. The first-order valence-electron chi connectivity index (χ1n) is 19.0. The molecule has 56 heavy (non-hydrogen) atoms. The second kappa shape index (κ2) is 15.4. The minimum atomic E-state index is -3.92. The van der Waals surface area contributed by atoms with Gasteiger partial charge in [0.25, 0.3) is 11.8 Å². The molecule has 0 spiro atoms. The number of hydrogen-bond donors (Lipinski definition) is 3. The van der Waals surface area contributed by atoms with Crippen LogP contribution < -0.4 is 20.1 Å². The molecule has 1 aliphatic heterocycles. The molecule has 1 aromatic carbocycles. The molecular formula is C40H41FN6O7S2. The van der Waals surface area contributed by atoms with Crippen LogP contribution in [-0.4, -0.2) is 69.8 Å². The Morgan fingerprint density at radius 1 is 0.946 bits per heavy atom. The molecule has 3 aliphatic carbocycles. The number of allylic oxidation sites excluding steroid dienone is 1. The second-order valence-corrected chi connectivity index (χ2v) is 18.0. The summed E-state index contributed by atoms with van der Waals surface area (Å²) in [5, 5.41) is 6.90.